The molecule has 0 aromatic heterocycles. The van der Waals surface area contributed by atoms with Crippen LogP contribution in [-0.4, -0.2) is 61.7 Å². The Labute approximate surface area is 172 Å². The van der Waals surface area contributed by atoms with Gasteiger partial charge in [0.15, 0.2) is 0 Å². The number of ether oxygens (including phenoxy) is 1. The minimum absolute atomic E-state index is 0. The van der Waals surface area contributed by atoms with Crippen LogP contribution in [0.5, 0.6) is 0 Å². The average Bonchev–Trinajstić information content (AvgIpc) is 2.49. The Morgan fingerprint density at radius 3 is 2.28 bits per heavy atom. The lowest BCUT2D eigenvalue weighted by Crippen LogP contribution is -2.52. The molecule has 3 rings (SSSR count). The molecule has 0 atom stereocenters. The first-order valence-electron chi connectivity index (χ1n) is 8.09. The van der Waals surface area contributed by atoms with Crippen molar-refractivity contribution < 1.29 is 10.2 Å². The number of hydrogen-bond acceptors (Lipinski definition) is 3. The molecule has 1 saturated carbocycles. The summed E-state index contributed by atoms with van der Waals surface area (Å²) >= 11 is 12.3. The number of benzene rings is 1. The first kappa shape index (κ1) is 25.2. The van der Waals surface area contributed by atoms with Crippen LogP contribution in [0.25, 0.3) is 0 Å². The molecule has 1 aliphatic heterocycles. The second kappa shape index (κ2) is 11.2. The van der Waals surface area contributed by atoms with Gasteiger partial charge in [-0.2, -0.15) is 0 Å². The van der Waals surface area contributed by atoms with Gasteiger partial charge in [-0.25, -0.2) is 0 Å². The summed E-state index contributed by atoms with van der Waals surface area (Å²) in [5.41, 5.74) is 1.44. The van der Waals surface area contributed by atoms with E-state index in [0.717, 1.165) is 39.4 Å². The van der Waals surface area contributed by atoms with Crippen LogP contribution >= 0.6 is 48.0 Å². The molecule has 1 saturated heterocycles. The van der Waals surface area contributed by atoms with Crippen molar-refractivity contribution in [2.75, 3.05) is 46.4 Å². The van der Waals surface area contributed by atoms with Crippen LogP contribution < -0.4 is 0 Å². The summed E-state index contributed by atoms with van der Waals surface area (Å²) in [6, 6.07) is 6.11. The number of halogens is 4. The lowest BCUT2D eigenvalue weighted by atomic mass is 9.70. The van der Waals surface area contributed by atoms with E-state index in [1.165, 1.54) is 24.8 Å². The molecule has 4 nitrogen and oxygen atoms in total. The van der Waals surface area contributed by atoms with Gasteiger partial charge in [-0.3, -0.25) is 9.80 Å². The Hall–Kier alpha value is 0.220. The fraction of sp³-hybridized carbons (Fsp3) is 0.647. The van der Waals surface area contributed by atoms with Crippen molar-refractivity contribution in [3.05, 3.63) is 33.8 Å². The maximum atomic E-state index is 6.23. The summed E-state index contributed by atoms with van der Waals surface area (Å²) < 4.78 is 5.42. The molecule has 0 bridgehead atoms. The molecule has 2 N–H and O–H groups in total. The zero-order valence-corrected chi connectivity index (χ0v) is 17.6. The molecule has 0 amide bonds. The van der Waals surface area contributed by atoms with E-state index in [1.807, 2.05) is 12.1 Å². The van der Waals surface area contributed by atoms with Gasteiger partial charge >= 0.3 is 0 Å². The molecule has 1 aromatic rings. The highest BCUT2D eigenvalue weighted by Gasteiger charge is 2.42. The van der Waals surface area contributed by atoms with E-state index in [1.54, 1.807) is 0 Å². The van der Waals surface area contributed by atoms with Gasteiger partial charge in [-0.1, -0.05) is 29.3 Å². The Morgan fingerprint density at radius 2 is 1.76 bits per heavy atom. The van der Waals surface area contributed by atoms with Gasteiger partial charge in [-0.05, 0) is 44.0 Å². The second-order valence-corrected chi connectivity index (χ2v) is 7.20. The number of nitrogens with zero attached hydrogens (tertiary/aromatic N) is 2. The SMILES string of the molecule is CN(CCN1CCOCC1)C1(c2ccc(Cl)c(Cl)c2)CCC1.Cl.Cl.O. The third kappa shape index (κ3) is 5.60. The fourth-order valence-electron chi connectivity index (χ4n) is 3.52. The molecule has 1 aromatic carbocycles. The molecule has 0 radical (unpaired) electrons. The van der Waals surface area contributed by atoms with E-state index in [9.17, 15) is 0 Å². The van der Waals surface area contributed by atoms with Crippen LogP contribution in [0.2, 0.25) is 10.0 Å². The van der Waals surface area contributed by atoms with Crippen LogP contribution in [0.15, 0.2) is 18.2 Å². The van der Waals surface area contributed by atoms with Crippen LogP contribution in [0.4, 0.5) is 0 Å². The molecular formula is C17H28Cl4N2O2. The van der Waals surface area contributed by atoms with E-state index >= 15 is 0 Å². The molecule has 2 fully saturated rings. The Balaban J connectivity index is 0.00000192. The zero-order chi connectivity index (χ0) is 15.6. The van der Waals surface area contributed by atoms with Crippen molar-refractivity contribution in [3.8, 4) is 0 Å². The lowest BCUT2D eigenvalue weighted by molar-refractivity contribution is 0.00476. The van der Waals surface area contributed by atoms with E-state index < -0.39 is 0 Å². The van der Waals surface area contributed by atoms with Gasteiger partial charge in [-0.15, -0.1) is 24.8 Å². The summed E-state index contributed by atoms with van der Waals surface area (Å²) in [5, 5.41) is 1.29. The monoisotopic (exact) mass is 432 g/mol. The van der Waals surface area contributed by atoms with Crippen molar-refractivity contribution in [2.45, 2.75) is 24.8 Å². The maximum Gasteiger partial charge on any atom is 0.0595 e. The van der Waals surface area contributed by atoms with Gasteiger partial charge in [0.2, 0.25) is 0 Å². The summed E-state index contributed by atoms with van der Waals surface area (Å²) in [4.78, 5) is 4.99. The smallest absolute Gasteiger partial charge is 0.0595 e. The third-order valence-corrected chi connectivity index (χ3v) is 5.96. The summed E-state index contributed by atoms with van der Waals surface area (Å²) in [6.07, 6.45) is 3.68. The Kier molecular flexibility index (Phi) is 11.2. The molecule has 2 aliphatic rings. The average molecular weight is 434 g/mol. The standard InChI is InChI=1S/C17H24Cl2N2O.2ClH.H2O/c1-20(7-8-21-9-11-22-12-10-21)17(5-2-6-17)14-3-4-15(18)16(19)13-14;;;/h3-4,13H,2,5-12H2,1H3;2*1H;1H2. The van der Waals surface area contributed by atoms with Gasteiger partial charge < -0.3 is 10.2 Å². The second-order valence-electron chi connectivity index (χ2n) is 6.39. The zero-order valence-electron chi connectivity index (χ0n) is 14.5. The minimum atomic E-state index is 0. The molecule has 0 spiro atoms. The highest BCUT2D eigenvalue weighted by Crippen LogP contribution is 2.46. The van der Waals surface area contributed by atoms with Crippen LogP contribution in [0.3, 0.4) is 0 Å². The molecule has 8 heteroatoms. The third-order valence-electron chi connectivity index (χ3n) is 5.22. The molecule has 146 valence electrons. The van der Waals surface area contributed by atoms with Gasteiger partial charge in [0.25, 0.3) is 0 Å². The van der Waals surface area contributed by atoms with E-state index in [4.69, 9.17) is 27.9 Å². The maximum absolute atomic E-state index is 6.23. The summed E-state index contributed by atoms with van der Waals surface area (Å²) in [6.45, 7) is 5.99. The topological polar surface area (TPSA) is 47.2 Å². The largest absolute Gasteiger partial charge is 0.412 e. The number of hydrogen-bond donors (Lipinski definition) is 0. The van der Waals surface area contributed by atoms with Crippen molar-refractivity contribution in [1.82, 2.24) is 9.80 Å². The van der Waals surface area contributed by atoms with E-state index in [0.29, 0.717) is 10.0 Å². The molecular weight excluding hydrogens is 406 g/mol. The Morgan fingerprint density at radius 1 is 1.12 bits per heavy atom. The number of likely N-dealkylation sites (N-methyl/N-ethyl adjacent to an activating group) is 1. The van der Waals surface area contributed by atoms with Crippen molar-refractivity contribution in [2.24, 2.45) is 0 Å². The van der Waals surface area contributed by atoms with E-state index in [2.05, 4.69) is 22.9 Å². The highest BCUT2D eigenvalue weighted by atomic mass is 35.5. The molecule has 0 unspecified atom stereocenters. The molecule has 25 heavy (non-hydrogen) atoms. The van der Waals surface area contributed by atoms with Gasteiger partial charge in [0.1, 0.15) is 0 Å². The van der Waals surface area contributed by atoms with E-state index in [-0.39, 0.29) is 35.8 Å². The first-order valence-corrected chi connectivity index (χ1v) is 8.84. The van der Waals surface area contributed by atoms with Crippen molar-refractivity contribution in [3.63, 3.8) is 0 Å². The quantitative estimate of drug-likeness (QED) is 0.711. The van der Waals surface area contributed by atoms with Crippen LogP contribution in [0.1, 0.15) is 24.8 Å². The predicted molar refractivity (Wildman–Crippen MR) is 110 cm³/mol. The highest BCUT2D eigenvalue weighted by molar-refractivity contribution is 6.42. The fourth-order valence-corrected chi connectivity index (χ4v) is 3.82. The van der Waals surface area contributed by atoms with Crippen LogP contribution in [0, 0.1) is 0 Å². The summed E-state index contributed by atoms with van der Waals surface area (Å²) in [5.74, 6) is 0. The normalized spacial score (nSPS) is 19.2. The lowest BCUT2D eigenvalue weighted by Gasteiger charge is -2.50. The predicted octanol–water partition coefficient (Wildman–Crippen LogP) is 3.66. The van der Waals surface area contributed by atoms with Gasteiger partial charge in [0.05, 0.1) is 23.3 Å². The van der Waals surface area contributed by atoms with Crippen LogP contribution in [-0.2, 0) is 10.3 Å². The Bertz CT molecular complexity index is 523. The first-order chi connectivity index (χ1) is 10.6. The molecule has 1 aliphatic carbocycles. The van der Waals surface area contributed by atoms with Crippen molar-refractivity contribution in [1.29, 1.82) is 0 Å². The number of morpholine rings is 1. The number of rotatable bonds is 5. The molecule has 1 heterocycles. The van der Waals surface area contributed by atoms with Crippen molar-refractivity contribution >= 4 is 48.0 Å². The minimum Gasteiger partial charge on any atom is -0.412 e. The van der Waals surface area contributed by atoms with Gasteiger partial charge in [0, 0.05) is 31.7 Å². The summed E-state index contributed by atoms with van der Waals surface area (Å²) in [7, 11) is 2.24.